The maximum absolute atomic E-state index is 14.1. The second-order valence-electron chi connectivity index (χ2n) is 10.6. The first-order chi connectivity index (χ1) is 20.2. The van der Waals surface area contributed by atoms with E-state index in [-0.39, 0.29) is 17.3 Å². The van der Waals surface area contributed by atoms with Crippen molar-refractivity contribution in [3.8, 4) is 0 Å². The fourth-order valence-corrected chi connectivity index (χ4v) is 6.06. The summed E-state index contributed by atoms with van der Waals surface area (Å²) in [6, 6.07) is 28.9. The van der Waals surface area contributed by atoms with E-state index in [1.807, 2.05) is 92.7 Å². The van der Waals surface area contributed by atoms with Crippen molar-refractivity contribution in [1.29, 1.82) is 0 Å². The smallest absolute Gasteiger partial charge is 0.243 e. The average Bonchev–Trinajstić information content (AvgIpc) is 3.00. The Kier molecular flexibility index (Phi) is 10.5. The highest BCUT2D eigenvalue weighted by molar-refractivity contribution is 7.89. The molecule has 0 fully saturated rings. The lowest BCUT2D eigenvalue weighted by molar-refractivity contribution is -0.141. The van der Waals surface area contributed by atoms with Gasteiger partial charge in [-0.15, -0.1) is 0 Å². The highest BCUT2D eigenvalue weighted by Crippen LogP contribution is 2.22. The summed E-state index contributed by atoms with van der Waals surface area (Å²) >= 11 is 0. The van der Waals surface area contributed by atoms with E-state index in [9.17, 15) is 18.0 Å². The minimum atomic E-state index is -3.98. The number of rotatable bonds is 13. The van der Waals surface area contributed by atoms with Crippen molar-refractivity contribution in [3.05, 3.63) is 114 Å². The first kappa shape index (κ1) is 30.9. The van der Waals surface area contributed by atoms with Gasteiger partial charge in [-0.25, -0.2) is 8.42 Å². The first-order valence-electron chi connectivity index (χ1n) is 14.3. The lowest BCUT2D eigenvalue weighted by atomic mass is 10.0. The topological polar surface area (TPSA) is 86.8 Å². The fourth-order valence-electron chi connectivity index (χ4n) is 4.91. The predicted molar refractivity (Wildman–Crippen MR) is 167 cm³/mol. The Labute approximate surface area is 249 Å². The highest BCUT2D eigenvalue weighted by Gasteiger charge is 2.33. The maximum Gasteiger partial charge on any atom is 0.243 e. The summed E-state index contributed by atoms with van der Waals surface area (Å²) in [5.74, 6) is -0.703. The molecule has 0 heterocycles. The van der Waals surface area contributed by atoms with Crippen molar-refractivity contribution < 1.29 is 18.0 Å². The van der Waals surface area contributed by atoms with Crippen LogP contribution in [0, 0.1) is 6.92 Å². The molecule has 0 saturated heterocycles. The van der Waals surface area contributed by atoms with Gasteiger partial charge in [-0.1, -0.05) is 98.3 Å². The van der Waals surface area contributed by atoms with Crippen molar-refractivity contribution in [3.63, 3.8) is 0 Å². The maximum atomic E-state index is 14.1. The number of amides is 2. The summed E-state index contributed by atoms with van der Waals surface area (Å²) in [6.07, 6.45) is 2.05. The third-order valence-corrected chi connectivity index (χ3v) is 9.29. The van der Waals surface area contributed by atoms with Gasteiger partial charge in [0, 0.05) is 26.6 Å². The van der Waals surface area contributed by atoms with Crippen LogP contribution in [0.2, 0.25) is 0 Å². The van der Waals surface area contributed by atoms with Crippen molar-refractivity contribution in [2.75, 3.05) is 20.1 Å². The number of aryl methyl sites for hydroxylation is 1. The van der Waals surface area contributed by atoms with E-state index in [0.717, 1.165) is 44.6 Å². The van der Waals surface area contributed by atoms with Gasteiger partial charge >= 0.3 is 0 Å². The van der Waals surface area contributed by atoms with Crippen LogP contribution >= 0.6 is 0 Å². The molecule has 7 nitrogen and oxygen atoms in total. The van der Waals surface area contributed by atoms with E-state index >= 15 is 0 Å². The molecule has 1 N–H and O–H groups in total. The number of sulfonamides is 1. The standard InChI is InChI=1S/C34H39N3O4S/c1-4-5-21-35-34(39)32(22-27-14-7-6-8-15-27)37(24-30-18-10-9-13-26(30)2)33(38)25-36(3)42(40,41)31-20-19-28-16-11-12-17-29(28)23-31/h6-20,23,32H,4-5,21-22,24-25H2,1-3H3,(H,35,39)/t32-/m1/s1. The number of unbranched alkanes of at least 4 members (excludes halogenated alkanes) is 1. The number of carbonyl (C=O) groups excluding carboxylic acids is 2. The van der Waals surface area contributed by atoms with Crippen LogP contribution in [0.15, 0.2) is 102 Å². The molecule has 0 unspecified atom stereocenters. The molecule has 4 aromatic rings. The van der Waals surface area contributed by atoms with Crippen LogP contribution in [0.25, 0.3) is 10.8 Å². The van der Waals surface area contributed by atoms with Crippen LogP contribution < -0.4 is 5.32 Å². The summed E-state index contributed by atoms with van der Waals surface area (Å²) in [5, 5.41) is 4.73. The Morgan fingerprint density at radius 3 is 2.24 bits per heavy atom. The molecule has 0 aliphatic carbocycles. The van der Waals surface area contributed by atoms with Crippen LogP contribution in [-0.4, -0.2) is 55.6 Å². The molecule has 4 rings (SSSR count). The number of nitrogens with zero attached hydrogens (tertiary/aromatic N) is 2. The van der Waals surface area contributed by atoms with E-state index < -0.39 is 28.5 Å². The van der Waals surface area contributed by atoms with Gasteiger partial charge in [0.05, 0.1) is 11.4 Å². The van der Waals surface area contributed by atoms with Crippen molar-refractivity contribution >= 4 is 32.6 Å². The normalized spacial score (nSPS) is 12.3. The van der Waals surface area contributed by atoms with Gasteiger partial charge in [-0.2, -0.15) is 4.31 Å². The number of hydrogen-bond donors (Lipinski definition) is 1. The zero-order valence-corrected chi connectivity index (χ0v) is 25.3. The van der Waals surface area contributed by atoms with Crippen molar-refractivity contribution in [1.82, 2.24) is 14.5 Å². The Balaban J connectivity index is 1.66. The van der Waals surface area contributed by atoms with E-state index in [1.165, 1.54) is 11.9 Å². The molecule has 1 atom stereocenters. The number of nitrogens with one attached hydrogen (secondary N) is 1. The lowest BCUT2D eigenvalue weighted by Gasteiger charge is -2.33. The van der Waals surface area contributed by atoms with Crippen LogP contribution in [0.4, 0.5) is 0 Å². The molecule has 220 valence electrons. The average molecular weight is 586 g/mol. The van der Waals surface area contributed by atoms with Crippen LogP contribution in [0.3, 0.4) is 0 Å². The summed E-state index contributed by atoms with van der Waals surface area (Å²) in [4.78, 5) is 29.3. The third kappa shape index (κ3) is 7.63. The largest absolute Gasteiger partial charge is 0.354 e. The molecular weight excluding hydrogens is 546 g/mol. The number of likely N-dealkylation sites (N-methyl/N-ethyl adjacent to an activating group) is 1. The lowest BCUT2D eigenvalue weighted by Crippen LogP contribution is -2.53. The van der Waals surface area contributed by atoms with Gasteiger partial charge in [0.2, 0.25) is 21.8 Å². The third-order valence-electron chi connectivity index (χ3n) is 7.49. The molecule has 2 amide bonds. The second kappa shape index (κ2) is 14.2. The molecule has 0 aliphatic heterocycles. The van der Waals surface area contributed by atoms with E-state index in [0.29, 0.717) is 13.0 Å². The van der Waals surface area contributed by atoms with Gasteiger partial charge in [0.1, 0.15) is 6.04 Å². The molecule has 8 heteroatoms. The Bertz CT molecular complexity index is 1620. The molecule has 4 aromatic carbocycles. The molecule has 0 bridgehead atoms. The van der Waals surface area contributed by atoms with Gasteiger partial charge in [0.25, 0.3) is 0 Å². The SMILES string of the molecule is CCCCNC(=O)[C@@H](Cc1ccccc1)N(Cc1ccccc1C)C(=O)CN(C)S(=O)(=O)c1ccc2ccccc2c1. The predicted octanol–water partition coefficient (Wildman–Crippen LogP) is 5.33. The zero-order chi connectivity index (χ0) is 30.1. The fraction of sp³-hybridized carbons (Fsp3) is 0.294. The Morgan fingerprint density at radius 1 is 0.857 bits per heavy atom. The van der Waals surface area contributed by atoms with Crippen molar-refractivity contribution in [2.24, 2.45) is 0 Å². The quantitative estimate of drug-likeness (QED) is 0.215. The summed E-state index contributed by atoms with van der Waals surface area (Å²) < 4.78 is 28.3. The Hall–Kier alpha value is -4.01. The summed E-state index contributed by atoms with van der Waals surface area (Å²) in [5.41, 5.74) is 2.79. The van der Waals surface area contributed by atoms with Crippen LogP contribution in [0.5, 0.6) is 0 Å². The number of carbonyl (C=O) groups is 2. The molecule has 0 aromatic heterocycles. The molecular formula is C34H39N3O4S. The summed E-state index contributed by atoms with van der Waals surface area (Å²) in [7, 11) is -2.57. The van der Waals surface area contributed by atoms with Crippen molar-refractivity contribution in [2.45, 2.75) is 50.6 Å². The van der Waals surface area contributed by atoms with Crippen LogP contribution in [0.1, 0.15) is 36.5 Å². The second-order valence-corrected chi connectivity index (χ2v) is 12.6. The Morgan fingerprint density at radius 2 is 1.52 bits per heavy atom. The molecule has 0 saturated carbocycles. The molecule has 0 radical (unpaired) electrons. The van der Waals surface area contributed by atoms with Gasteiger partial charge in [-0.3, -0.25) is 9.59 Å². The van der Waals surface area contributed by atoms with E-state index in [1.54, 1.807) is 18.2 Å². The van der Waals surface area contributed by atoms with E-state index in [4.69, 9.17) is 0 Å². The minimum Gasteiger partial charge on any atom is -0.354 e. The number of benzene rings is 4. The highest BCUT2D eigenvalue weighted by atomic mass is 32.2. The molecule has 0 aliphatic rings. The first-order valence-corrected chi connectivity index (χ1v) is 15.8. The van der Waals surface area contributed by atoms with Gasteiger partial charge in [-0.05, 0) is 52.9 Å². The molecule has 42 heavy (non-hydrogen) atoms. The van der Waals surface area contributed by atoms with Gasteiger partial charge < -0.3 is 10.2 Å². The minimum absolute atomic E-state index is 0.111. The van der Waals surface area contributed by atoms with Crippen LogP contribution in [-0.2, 0) is 32.6 Å². The zero-order valence-electron chi connectivity index (χ0n) is 24.5. The summed E-state index contributed by atoms with van der Waals surface area (Å²) in [6.45, 7) is 4.28. The van der Waals surface area contributed by atoms with E-state index in [2.05, 4.69) is 5.32 Å². The monoisotopic (exact) mass is 585 g/mol. The number of hydrogen-bond acceptors (Lipinski definition) is 4. The molecule has 0 spiro atoms. The van der Waals surface area contributed by atoms with Gasteiger partial charge in [0.15, 0.2) is 0 Å². The number of fused-ring (bicyclic) bond motifs is 1.